The molecule has 0 bridgehead atoms. The fraction of sp³-hybridized carbons (Fsp3) is 0.600. The molecule has 1 saturated carbocycles. The Labute approximate surface area is 152 Å². The van der Waals surface area contributed by atoms with E-state index in [-0.39, 0.29) is 17.1 Å². The number of hydrogen-bond acceptors (Lipinski definition) is 2. The number of Topliss-reactive ketones (excluding diaryl/α,β-unsaturated/α-hetero) is 1. The number of rotatable bonds is 2. The highest BCUT2D eigenvalue weighted by Crippen LogP contribution is 2.57. The predicted octanol–water partition coefficient (Wildman–Crippen LogP) is 5.31. The summed E-state index contributed by atoms with van der Waals surface area (Å²) in [4.78, 5) is 24.9. The Morgan fingerprint density at radius 2 is 1.96 bits per heavy atom. The van der Waals surface area contributed by atoms with Gasteiger partial charge in [-0.2, -0.15) is 0 Å². The third-order valence-electron chi connectivity index (χ3n) is 6.48. The van der Waals surface area contributed by atoms with Crippen molar-refractivity contribution in [3.8, 4) is 0 Å². The minimum absolute atomic E-state index is 0.0938. The van der Waals surface area contributed by atoms with Crippen LogP contribution in [0.1, 0.15) is 80.8 Å². The molecule has 2 aliphatic rings. The largest absolute Gasteiger partial charge is 0.481 e. The minimum atomic E-state index is -0.830. The van der Waals surface area contributed by atoms with Crippen molar-refractivity contribution < 1.29 is 14.7 Å². The Balaban J connectivity index is 2.21. The standard InChI is InChI=1S/C20H25BrO3/c1-11(2)12-8-13-14(9-15(12)21)19(3)6-5-7-20(4,18(23)24)17(19)10-16(13)22/h8-9,11,17H,5-7,10H2,1-4H3,(H,23,24)/t17-,19-,20-/m1/s1. The Kier molecular flexibility index (Phi) is 4.18. The Morgan fingerprint density at radius 3 is 2.54 bits per heavy atom. The molecule has 0 spiro atoms. The maximum absolute atomic E-state index is 12.9. The number of carboxylic acid groups (broad SMARTS) is 1. The molecule has 1 fully saturated rings. The summed E-state index contributed by atoms with van der Waals surface area (Å²) in [5.74, 6) is -0.490. The summed E-state index contributed by atoms with van der Waals surface area (Å²) in [7, 11) is 0. The van der Waals surface area contributed by atoms with Gasteiger partial charge in [0, 0.05) is 16.5 Å². The Bertz CT molecular complexity index is 724. The average Bonchev–Trinajstić information content (AvgIpc) is 2.49. The summed E-state index contributed by atoms with van der Waals surface area (Å²) in [6.07, 6.45) is 2.81. The van der Waals surface area contributed by atoms with Gasteiger partial charge in [-0.3, -0.25) is 9.59 Å². The lowest BCUT2D eigenvalue weighted by Crippen LogP contribution is -2.53. The van der Waals surface area contributed by atoms with E-state index in [4.69, 9.17) is 0 Å². The van der Waals surface area contributed by atoms with Crippen molar-refractivity contribution >= 4 is 27.7 Å². The lowest BCUT2D eigenvalue weighted by atomic mass is 9.49. The first-order valence-corrected chi connectivity index (χ1v) is 9.51. The second-order valence-corrected chi connectivity index (χ2v) is 9.10. The molecule has 4 heteroatoms. The van der Waals surface area contributed by atoms with Gasteiger partial charge in [0.15, 0.2) is 5.78 Å². The van der Waals surface area contributed by atoms with Gasteiger partial charge in [0.1, 0.15) is 0 Å². The summed E-state index contributed by atoms with van der Waals surface area (Å²) < 4.78 is 1.02. The lowest BCUT2D eigenvalue weighted by Gasteiger charge is -2.53. The minimum Gasteiger partial charge on any atom is -0.481 e. The summed E-state index contributed by atoms with van der Waals surface area (Å²) >= 11 is 3.67. The number of ketones is 1. The molecule has 0 aliphatic heterocycles. The number of hydrogen-bond donors (Lipinski definition) is 1. The van der Waals surface area contributed by atoms with Gasteiger partial charge in [-0.05, 0) is 60.3 Å². The molecule has 0 heterocycles. The van der Waals surface area contributed by atoms with E-state index in [0.717, 1.165) is 34.0 Å². The van der Waals surface area contributed by atoms with Crippen molar-refractivity contribution in [2.24, 2.45) is 11.3 Å². The van der Waals surface area contributed by atoms with Crippen LogP contribution in [0, 0.1) is 11.3 Å². The van der Waals surface area contributed by atoms with Gasteiger partial charge in [0.05, 0.1) is 5.41 Å². The van der Waals surface area contributed by atoms with Crippen LogP contribution < -0.4 is 0 Å². The van der Waals surface area contributed by atoms with Crippen molar-refractivity contribution in [1.82, 2.24) is 0 Å². The van der Waals surface area contributed by atoms with Crippen molar-refractivity contribution in [2.45, 2.75) is 64.7 Å². The predicted molar refractivity (Wildman–Crippen MR) is 97.6 cm³/mol. The van der Waals surface area contributed by atoms with E-state index in [1.807, 2.05) is 13.0 Å². The first-order chi connectivity index (χ1) is 11.1. The number of carboxylic acids is 1. The first-order valence-electron chi connectivity index (χ1n) is 8.72. The van der Waals surface area contributed by atoms with E-state index in [1.165, 1.54) is 0 Å². The fourth-order valence-corrected chi connectivity index (χ4v) is 5.74. The van der Waals surface area contributed by atoms with Crippen LogP contribution in [0.15, 0.2) is 16.6 Å². The maximum atomic E-state index is 12.9. The normalized spacial score (nSPS) is 32.4. The smallest absolute Gasteiger partial charge is 0.309 e. The SMILES string of the molecule is CC(C)c1cc2c(cc1Br)[C@@]1(C)CCC[C@@](C)(C(=O)O)[C@@H]1CC2=O. The van der Waals surface area contributed by atoms with Gasteiger partial charge in [-0.15, -0.1) is 0 Å². The highest BCUT2D eigenvalue weighted by molar-refractivity contribution is 9.10. The number of carbonyl (C=O) groups is 2. The van der Waals surface area contributed by atoms with E-state index in [2.05, 4.69) is 42.8 Å². The van der Waals surface area contributed by atoms with E-state index in [0.29, 0.717) is 18.8 Å². The Hall–Kier alpha value is -1.16. The highest BCUT2D eigenvalue weighted by Gasteiger charge is 2.57. The average molecular weight is 393 g/mol. The molecular weight excluding hydrogens is 368 g/mol. The van der Waals surface area contributed by atoms with Crippen molar-refractivity contribution in [3.05, 3.63) is 33.3 Å². The molecular formula is C20H25BrO3. The molecule has 0 amide bonds. The van der Waals surface area contributed by atoms with Crippen LogP contribution in [-0.4, -0.2) is 16.9 Å². The molecule has 1 aromatic rings. The summed E-state index contributed by atoms with van der Waals surface area (Å²) in [6, 6.07) is 4.11. The van der Waals surface area contributed by atoms with E-state index in [1.54, 1.807) is 0 Å². The van der Waals surface area contributed by atoms with Gasteiger partial charge >= 0.3 is 5.97 Å². The zero-order chi connectivity index (χ0) is 17.9. The van der Waals surface area contributed by atoms with E-state index >= 15 is 0 Å². The van der Waals surface area contributed by atoms with Crippen molar-refractivity contribution in [1.29, 1.82) is 0 Å². The number of fused-ring (bicyclic) bond motifs is 3. The van der Waals surface area contributed by atoms with E-state index < -0.39 is 11.4 Å². The van der Waals surface area contributed by atoms with Gasteiger partial charge in [0.2, 0.25) is 0 Å². The van der Waals surface area contributed by atoms with Crippen LogP contribution in [0.3, 0.4) is 0 Å². The maximum Gasteiger partial charge on any atom is 0.309 e. The number of benzene rings is 1. The third-order valence-corrected chi connectivity index (χ3v) is 7.17. The molecule has 0 aromatic heterocycles. The number of aliphatic carboxylic acids is 1. The molecule has 0 saturated heterocycles. The lowest BCUT2D eigenvalue weighted by molar-refractivity contribution is -0.156. The van der Waals surface area contributed by atoms with Gasteiger partial charge in [-0.25, -0.2) is 0 Å². The monoisotopic (exact) mass is 392 g/mol. The van der Waals surface area contributed by atoms with Crippen LogP contribution >= 0.6 is 15.9 Å². The van der Waals surface area contributed by atoms with Crippen LogP contribution in [0.25, 0.3) is 0 Å². The quantitative estimate of drug-likeness (QED) is 0.741. The van der Waals surface area contributed by atoms with Crippen molar-refractivity contribution in [3.63, 3.8) is 0 Å². The summed E-state index contributed by atoms with van der Waals surface area (Å²) in [5, 5.41) is 9.84. The van der Waals surface area contributed by atoms with Crippen LogP contribution in [0.2, 0.25) is 0 Å². The molecule has 130 valence electrons. The van der Waals surface area contributed by atoms with Gasteiger partial charge in [-0.1, -0.05) is 43.1 Å². The van der Waals surface area contributed by atoms with Crippen LogP contribution in [-0.2, 0) is 10.2 Å². The molecule has 3 rings (SSSR count). The second kappa shape index (κ2) is 5.69. The first kappa shape index (κ1) is 17.7. The molecule has 1 N–H and O–H groups in total. The van der Waals surface area contributed by atoms with Crippen molar-refractivity contribution in [2.75, 3.05) is 0 Å². The van der Waals surface area contributed by atoms with Gasteiger partial charge < -0.3 is 5.11 Å². The van der Waals surface area contributed by atoms with Crippen LogP contribution in [0.5, 0.6) is 0 Å². The molecule has 24 heavy (non-hydrogen) atoms. The zero-order valence-electron chi connectivity index (χ0n) is 14.8. The summed E-state index contributed by atoms with van der Waals surface area (Å²) in [5.41, 5.74) is 1.89. The topological polar surface area (TPSA) is 54.4 Å². The summed E-state index contributed by atoms with van der Waals surface area (Å²) in [6.45, 7) is 8.22. The second-order valence-electron chi connectivity index (χ2n) is 8.25. The van der Waals surface area contributed by atoms with Gasteiger partial charge in [0.25, 0.3) is 0 Å². The highest BCUT2D eigenvalue weighted by atomic mass is 79.9. The van der Waals surface area contributed by atoms with E-state index in [9.17, 15) is 14.7 Å². The third kappa shape index (κ3) is 2.37. The fourth-order valence-electron chi connectivity index (χ4n) is 4.93. The number of halogens is 1. The molecule has 2 aliphatic carbocycles. The van der Waals surface area contributed by atoms with Crippen LogP contribution in [0.4, 0.5) is 0 Å². The molecule has 1 aromatic carbocycles. The molecule has 0 radical (unpaired) electrons. The zero-order valence-corrected chi connectivity index (χ0v) is 16.4. The Morgan fingerprint density at radius 1 is 1.29 bits per heavy atom. The molecule has 3 atom stereocenters. The number of carbonyl (C=O) groups excluding carboxylic acids is 1. The molecule has 3 nitrogen and oxygen atoms in total. The molecule has 0 unspecified atom stereocenters.